The molecule has 3 rings (SSSR count). The van der Waals surface area contributed by atoms with Crippen molar-refractivity contribution in [2.24, 2.45) is 10.7 Å². The van der Waals surface area contributed by atoms with Gasteiger partial charge in [0.15, 0.2) is 0 Å². The highest BCUT2D eigenvalue weighted by atomic mass is 19.1. The third-order valence-corrected chi connectivity index (χ3v) is 3.39. The van der Waals surface area contributed by atoms with E-state index in [1.165, 1.54) is 12.1 Å². The van der Waals surface area contributed by atoms with Crippen molar-refractivity contribution in [2.45, 2.75) is 13.0 Å². The fourth-order valence-electron chi connectivity index (χ4n) is 2.45. The fraction of sp³-hybridized carbons (Fsp3) is 0.133. The van der Waals surface area contributed by atoms with Crippen molar-refractivity contribution in [3.05, 3.63) is 58.8 Å². The minimum absolute atomic E-state index is 0.0717. The quantitative estimate of drug-likeness (QED) is 0.626. The van der Waals surface area contributed by atoms with Gasteiger partial charge in [-0.05, 0) is 36.8 Å². The molecule has 0 aromatic heterocycles. The van der Waals surface area contributed by atoms with Gasteiger partial charge < -0.3 is 21.5 Å². The van der Waals surface area contributed by atoms with E-state index in [1.54, 1.807) is 6.34 Å². The second-order valence-corrected chi connectivity index (χ2v) is 4.95. The molecule has 1 atom stereocenters. The van der Waals surface area contributed by atoms with Gasteiger partial charge in [-0.25, -0.2) is 9.38 Å². The molecule has 108 valence electrons. The van der Waals surface area contributed by atoms with Crippen LogP contribution < -0.4 is 16.4 Å². The number of halogens is 1. The van der Waals surface area contributed by atoms with Gasteiger partial charge in [-0.3, -0.25) is 0 Å². The summed E-state index contributed by atoms with van der Waals surface area (Å²) in [6.45, 7) is 1.94. The molecule has 1 aromatic carbocycles. The number of aliphatic imine (C=N–C) groups is 1. The number of allylic oxidation sites excluding steroid dienone is 1. The van der Waals surface area contributed by atoms with Gasteiger partial charge in [0, 0.05) is 17.3 Å². The summed E-state index contributed by atoms with van der Waals surface area (Å²) < 4.78 is 13.0. The predicted molar refractivity (Wildman–Crippen MR) is 80.2 cm³/mol. The number of phenolic OH excluding ortho intramolecular Hbond substituents is 1. The first kappa shape index (κ1) is 13.2. The lowest BCUT2D eigenvalue weighted by Crippen LogP contribution is -2.35. The lowest BCUT2D eigenvalue weighted by molar-refractivity contribution is 0.471. The number of phenols is 1. The Kier molecular flexibility index (Phi) is 3.13. The number of nitrogens with two attached hydrogens (primary N) is 1. The van der Waals surface area contributed by atoms with Crippen molar-refractivity contribution < 1.29 is 9.50 Å². The van der Waals surface area contributed by atoms with E-state index in [9.17, 15) is 9.50 Å². The summed E-state index contributed by atoms with van der Waals surface area (Å²) in [5.74, 6) is -0.0640. The molecule has 2 aliphatic rings. The Balaban J connectivity index is 1.99. The van der Waals surface area contributed by atoms with Crippen molar-refractivity contribution in [3.8, 4) is 5.75 Å². The molecule has 6 heteroatoms. The summed E-state index contributed by atoms with van der Waals surface area (Å²) >= 11 is 0. The number of anilines is 1. The van der Waals surface area contributed by atoms with E-state index in [4.69, 9.17) is 5.73 Å². The highest BCUT2D eigenvalue weighted by Crippen LogP contribution is 2.31. The fourth-order valence-corrected chi connectivity index (χ4v) is 2.45. The van der Waals surface area contributed by atoms with E-state index in [0.717, 1.165) is 17.2 Å². The molecule has 1 aliphatic heterocycles. The maximum absolute atomic E-state index is 13.0. The van der Waals surface area contributed by atoms with Crippen molar-refractivity contribution in [1.29, 1.82) is 0 Å². The van der Waals surface area contributed by atoms with E-state index in [-0.39, 0.29) is 11.8 Å². The molecule has 0 spiro atoms. The van der Waals surface area contributed by atoms with Gasteiger partial charge in [-0.1, -0.05) is 0 Å². The first-order valence-electron chi connectivity index (χ1n) is 6.49. The highest BCUT2D eigenvalue weighted by molar-refractivity contribution is 5.69. The van der Waals surface area contributed by atoms with Crippen LogP contribution in [0.2, 0.25) is 0 Å². The Hall–Kier alpha value is -2.76. The van der Waals surface area contributed by atoms with Crippen LogP contribution in [0.25, 0.3) is 0 Å². The molecule has 0 fully saturated rings. The summed E-state index contributed by atoms with van der Waals surface area (Å²) in [5, 5.41) is 15.9. The van der Waals surface area contributed by atoms with E-state index in [1.807, 2.05) is 19.1 Å². The van der Waals surface area contributed by atoms with Gasteiger partial charge >= 0.3 is 0 Å². The highest BCUT2D eigenvalue weighted by Gasteiger charge is 2.24. The second kappa shape index (κ2) is 4.97. The average Bonchev–Trinajstić information content (AvgIpc) is 2.41. The largest absolute Gasteiger partial charge is 0.506 e. The number of hydrogen-bond donors (Lipinski definition) is 4. The van der Waals surface area contributed by atoms with E-state index >= 15 is 0 Å². The number of benzene rings is 1. The summed E-state index contributed by atoms with van der Waals surface area (Å²) in [6, 6.07) is 3.73. The number of nitrogens with zero attached hydrogens (tertiary/aromatic N) is 1. The van der Waals surface area contributed by atoms with Crippen LogP contribution in [0.1, 0.15) is 6.92 Å². The summed E-state index contributed by atoms with van der Waals surface area (Å²) in [5.41, 5.74) is 8.85. The molecule has 0 radical (unpaired) electrons. The topological polar surface area (TPSA) is 82.7 Å². The molecule has 0 bridgehead atoms. The lowest BCUT2D eigenvalue weighted by Gasteiger charge is -2.28. The SMILES string of the molecule is CC1=CC(N)=CC2NC=NC(Nc3ccc(F)cc3O)=C12. The zero-order valence-electron chi connectivity index (χ0n) is 11.4. The Morgan fingerprint density at radius 3 is 3.00 bits per heavy atom. The number of hydrogen-bond acceptors (Lipinski definition) is 5. The summed E-state index contributed by atoms with van der Waals surface area (Å²) in [6.07, 6.45) is 5.32. The van der Waals surface area contributed by atoms with Gasteiger partial charge in [0.1, 0.15) is 17.4 Å². The zero-order valence-corrected chi connectivity index (χ0v) is 11.4. The molecular weight excluding hydrogens is 271 g/mol. The molecule has 1 heterocycles. The third kappa shape index (κ3) is 2.47. The Morgan fingerprint density at radius 1 is 1.43 bits per heavy atom. The number of fused-ring (bicyclic) bond motifs is 1. The average molecular weight is 286 g/mol. The van der Waals surface area contributed by atoms with E-state index in [2.05, 4.69) is 15.6 Å². The lowest BCUT2D eigenvalue weighted by atomic mass is 9.92. The van der Waals surface area contributed by atoms with Crippen LogP contribution in [0.4, 0.5) is 10.1 Å². The molecule has 21 heavy (non-hydrogen) atoms. The van der Waals surface area contributed by atoms with Gasteiger partial charge in [0.25, 0.3) is 0 Å². The first-order valence-corrected chi connectivity index (χ1v) is 6.49. The Labute approximate surface area is 121 Å². The minimum Gasteiger partial charge on any atom is -0.506 e. The van der Waals surface area contributed by atoms with Crippen LogP contribution in [0.3, 0.4) is 0 Å². The number of aromatic hydroxyl groups is 1. The van der Waals surface area contributed by atoms with Crippen molar-refractivity contribution >= 4 is 12.0 Å². The molecule has 5 N–H and O–H groups in total. The normalized spacial score (nSPS) is 20.4. The molecule has 0 amide bonds. The maximum Gasteiger partial charge on any atom is 0.141 e. The van der Waals surface area contributed by atoms with Crippen LogP contribution in [0.5, 0.6) is 5.75 Å². The Morgan fingerprint density at radius 2 is 2.24 bits per heavy atom. The first-order chi connectivity index (χ1) is 10.0. The van der Waals surface area contributed by atoms with E-state index < -0.39 is 5.82 Å². The second-order valence-electron chi connectivity index (χ2n) is 4.95. The zero-order chi connectivity index (χ0) is 15.0. The maximum atomic E-state index is 13.0. The van der Waals surface area contributed by atoms with Crippen molar-refractivity contribution in [1.82, 2.24) is 5.32 Å². The summed E-state index contributed by atoms with van der Waals surface area (Å²) in [4.78, 5) is 4.26. The van der Waals surface area contributed by atoms with Crippen LogP contribution in [0.15, 0.2) is 58.0 Å². The summed E-state index contributed by atoms with van der Waals surface area (Å²) in [7, 11) is 0. The molecule has 1 aliphatic carbocycles. The monoisotopic (exact) mass is 286 g/mol. The van der Waals surface area contributed by atoms with Crippen LogP contribution in [-0.4, -0.2) is 17.5 Å². The van der Waals surface area contributed by atoms with Crippen LogP contribution in [0, 0.1) is 5.82 Å². The smallest absolute Gasteiger partial charge is 0.141 e. The standard InChI is InChI=1S/C15H15FN4O/c1-8-4-10(17)6-12-14(8)15(19-7-18-12)20-11-3-2-9(16)5-13(11)21/h2-7,12,20-21H,17H2,1H3,(H,18,19). The number of nitrogens with one attached hydrogen (secondary N) is 2. The van der Waals surface area contributed by atoms with Crippen LogP contribution in [-0.2, 0) is 0 Å². The predicted octanol–water partition coefficient (Wildman–Crippen LogP) is 1.96. The number of rotatable bonds is 2. The van der Waals surface area contributed by atoms with Gasteiger partial charge in [0.2, 0.25) is 0 Å². The van der Waals surface area contributed by atoms with Gasteiger partial charge in [-0.15, -0.1) is 0 Å². The van der Waals surface area contributed by atoms with E-state index in [0.29, 0.717) is 17.2 Å². The molecule has 0 saturated carbocycles. The minimum atomic E-state index is -0.494. The molecular formula is C15H15FN4O. The van der Waals surface area contributed by atoms with Crippen molar-refractivity contribution in [2.75, 3.05) is 5.32 Å². The van der Waals surface area contributed by atoms with Gasteiger partial charge in [-0.2, -0.15) is 0 Å². The molecule has 1 aromatic rings. The molecule has 1 unspecified atom stereocenters. The van der Waals surface area contributed by atoms with Crippen LogP contribution >= 0.6 is 0 Å². The van der Waals surface area contributed by atoms with Crippen molar-refractivity contribution in [3.63, 3.8) is 0 Å². The molecule has 0 saturated heterocycles. The third-order valence-electron chi connectivity index (χ3n) is 3.39. The molecule has 5 nitrogen and oxygen atoms in total. The Bertz CT molecular complexity index is 718. The van der Waals surface area contributed by atoms with Gasteiger partial charge in [0.05, 0.1) is 18.1 Å².